The van der Waals surface area contributed by atoms with Crippen molar-refractivity contribution < 1.29 is 19.0 Å². The Morgan fingerprint density at radius 1 is 1.04 bits per heavy atom. The Bertz CT molecular complexity index is 687. The number of ether oxygens (including phenoxy) is 3. The standard InChI is InChI=1S/C20H25NO4/c1-4-16-9-5-6-10-17(16)25-15(2)20(22)21-13-14-24-19-12-8-7-11-18(19)23-3/h5-12,15H,4,13-14H2,1-3H3,(H,21,22)/t15-/m0/s1. The Labute approximate surface area is 148 Å². The van der Waals surface area contributed by atoms with E-state index in [2.05, 4.69) is 12.2 Å². The first-order chi connectivity index (χ1) is 12.2. The van der Waals surface area contributed by atoms with Gasteiger partial charge >= 0.3 is 0 Å². The van der Waals surface area contributed by atoms with Crippen molar-refractivity contribution in [2.45, 2.75) is 26.4 Å². The maximum Gasteiger partial charge on any atom is 0.260 e. The number of rotatable bonds is 9. The summed E-state index contributed by atoms with van der Waals surface area (Å²) in [6, 6.07) is 15.2. The molecule has 0 aliphatic heterocycles. The second-order valence-electron chi connectivity index (χ2n) is 5.51. The first kappa shape index (κ1) is 18.6. The molecule has 2 rings (SSSR count). The molecule has 0 saturated carbocycles. The van der Waals surface area contributed by atoms with Gasteiger partial charge in [0, 0.05) is 0 Å². The van der Waals surface area contributed by atoms with Crippen molar-refractivity contribution in [3.8, 4) is 17.2 Å². The first-order valence-electron chi connectivity index (χ1n) is 8.43. The van der Waals surface area contributed by atoms with E-state index in [-0.39, 0.29) is 5.91 Å². The zero-order valence-corrected chi connectivity index (χ0v) is 15.0. The molecule has 1 atom stereocenters. The molecule has 2 aromatic rings. The average Bonchev–Trinajstić information content (AvgIpc) is 2.65. The van der Waals surface area contributed by atoms with Gasteiger partial charge in [-0.25, -0.2) is 0 Å². The molecule has 0 fully saturated rings. The molecule has 2 aromatic carbocycles. The minimum Gasteiger partial charge on any atom is -0.493 e. The van der Waals surface area contributed by atoms with E-state index in [0.717, 1.165) is 17.7 Å². The Kier molecular flexibility index (Phi) is 7.14. The number of aryl methyl sites for hydroxylation is 1. The fourth-order valence-corrected chi connectivity index (χ4v) is 2.37. The number of hydrogen-bond donors (Lipinski definition) is 1. The zero-order chi connectivity index (χ0) is 18.1. The van der Waals surface area contributed by atoms with Gasteiger partial charge in [-0.15, -0.1) is 0 Å². The molecule has 0 spiro atoms. The van der Waals surface area contributed by atoms with Crippen molar-refractivity contribution in [3.63, 3.8) is 0 Å². The summed E-state index contributed by atoms with van der Waals surface area (Å²) in [4.78, 5) is 12.2. The minimum atomic E-state index is -0.570. The molecule has 0 heterocycles. The molecule has 5 heteroatoms. The fraction of sp³-hybridized carbons (Fsp3) is 0.350. The van der Waals surface area contributed by atoms with Crippen LogP contribution in [0.3, 0.4) is 0 Å². The highest BCUT2D eigenvalue weighted by atomic mass is 16.5. The van der Waals surface area contributed by atoms with Crippen LogP contribution in [0.4, 0.5) is 0 Å². The lowest BCUT2D eigenvalue weighted by molar-refractivity contribution is -0.127. The monoisotopic (exact) mass is 343 g/mol. The van der Waals surface area contributed by atoms with E-state index in [4.69, 9.17) is 14.2 Å². The van der Waals surface area contributed by atoms with E-state index in [0.29, 0.717) is 24.7 Å². The normalized spacial score (nSPS) is 11.5. The molecule has 0 unspecified atom stereocenters. The van der Waals surface area contributed by atoms with E-state index in [1.54, 1.807) is 14.0 Å². The molecule has 0 aromatic heterocycles. The van der Waals surface area contributed by atoms with Crippen LogP contribution >= 0.6 is 0 Å². The quantitative estimate of drug-likeness (QED) is 0.710. The number of hydrogen-bond acceptors (Lipinski definition) is 4. The summed E-state index contributed by atoms with van der Waals surface area (Å²) < 4.78 is 16.6. The van der Waals surface area contributed by atoms with Gasteiger partial charge in [0.25, 0.3) is 5.91 Å². The zero-order valence-electron chi connectivity index (χ0n) is 15.0. The predicted molar refractivity (Wildman–Crippen MR) is 97.4 cm³/mol. The third kappa shape index (κ3) is 5.41. The molecule has 0 aliphatic rings. The predicted octanol–water partition coefficient (Wildman–Crippen LogP) is 3.22. The Morgan fingerprint density at radius 2 is 1.68 bits per heavy atom. The molecule has 5 nitrogen and oxygen atoms in total. The highest BCUT2D eigenvalue weighted by molar-refractivity contribution is 5.80. The van der Waals surface area contributed by atoms with Crippen LogP contribution < -0.4 is 19.5 Å². The second-order valence-corrected chi connectivity index (χ2v) is 5.51. The summed E-state index contributed by atoms with van der Waals surface area (Å²) in [7, 11) is 1.59. The van der Waals surface area contributed by atoms with Crippen molar-refractivity contribution in [1.29, 1.82) is 0 Å². The van der Waals surface area contributed by atoms with Crippen LogP contribution in [0.25, 0.3) is 0 Å². The summed E-state index contributed by atoms with van der Waals surface area (Å²) in [6.45, 7) is 4.54. The lowest BCUT2D eigenvalue weighted by Gasteiger charge is -2.17. The number of carbonyl (C=O) groups is 1. The molecule has 134 valence electrons. The van der Waals surface area contributed by atoms with Crippen LogP contribution in [0.5, 0.6) is 17.2 Å². The average molecular weight is 343 g/mol. The summed E-state index contributed by atoms with van der Waals surface area (Å²) in [5, 5.41) is 2.82. The molecular weight excluding hydrogens is 318 g/mol. The minimum absolute atomic E-state index is 0.172. The van der Waals surface area contributed by atoms with Gasteiger partial charge < -0.3 is 19.5 Å². The topological polar surface area (TPSA) is 56.8 Å². The molecule has 0 aliphatic carbocycles. The summed E-state index contributed by atoms with van der Waals surface area (Å²) in [5.74, 6) is 1.90. The molecule has 0 saturated heterocycles. The van der Waals surface area contributed by atoms with Gasteiger partial charge in [0.15, 0.2) is 17.6 Å². The highest BCUT2D eigenvalue weighted by Gasteiger charge is 2.15. The van der Waals surface area contributed by atoms with E-state index in [1.807, 2.05) is 48.5 Å². The number of carbonyl (C=O) groups excluding carboxylic acids is 1. The molecule has 0 radical (unpaired) electrons. The Morgan fingerprint density at radius 3 is 2.36 bits per heavy atom. The van der Waals surface area contributed by atoms with Gasteiger partial charge in [0.05, 0.1) is 13.7 Å². The largest absolute Gasteiger partial charge is 0.493 e. The van der Waals surface area contributed by atoms with Crippen molar-refractivity contribution in [1.82, 2.24) is 5.32 Å². The van der Waals surface area contributed by atoms with Crippen molar-refractivity contribution in [3.05, 3.63) is 54.1 Å². The van der Waals surface area contributed by atoms with Gasteiger partial charge in [-0.1, -0.05) is 37.3 Å². The first-order valence-corrected chi connectivity index (χ1v) is 8.43. The molecular formula is C20H25NO4. The maximum absolute atomic E-state index is 12.2. The number of nitrogens with one attached hydrogen (secondary N) is 1. The number of methoxy groups -OCH3 is 1. The Hall–Kier alpha value is -2.69. The van der Waals surface area contributed by atoms with E-state index in [1.165, 1.54) is 0 Å². The van der Waals surface area contributed by atoms with Crippen molar-refractivity contribution in [2.75, 3.05) is 20.3 Å². The highest BCUT2D eigenvalue weighted by Crippen LogP contribution is 2.25. The van der Waals surface area contributed by atoms with Crippen molar-refractivity contribution >= 4 is 5.91 Å². The third-order valence-corrected chi connectivity index (χ3v) is 3.75. The summed E-state index contributed by atoms with van der Waals surface area (Å²) >= 11 is 0. The van der Waals surface area contributed by atoms with Crippen LogP contribution in [0.2, 0.25) is 0 Å². The van der Waals surface area contributed by atoms with E-state index in [9.17, 15) is 4.79 Å². The van der Waals surface area contributed by atoms with Gasteiger partial charge in [-0.3, -0.25) is 4.79 Å². The van der Waals surface area contributed by atoms with Crippen LogP contribution in [-0.2, 0) is 11.2 Å². The number of benzene rings is 2. The van der Waals surface area contributed by atoms with Crippen LogP contribution in [0, 0.1) is 0 Å². The number of amides is 1. The third-order valence-electron chi connectivity index (χ3n) is 3.75. The van der Waals surface area contributed by atoms with E-state index < -0.39 is 6.10 Å². The summed E-state index contributed by atoms with van der Waals surface area (Å²) in [5.41, 5.74) is 1.08. The Balaban J connectivity index is 1.78. The maximum atomic E-state index is 12.2. The van der Waals surface area contributed by atoms with Gasteiger partial charge in [0.1, 0.15) is 12.4 Å². The number of para-hydroxylation sites is 3. The summed E-state index contributed by atoms with van der Waals surface area (Å²) in [6.07, 6.45) is 0.288. The molecule has 1 N–H and O–H groups in total. The van der Waals surface area contributed by atoms with E-state index >= 15 is 0 Å². The fourth-order valence-electron chi connectivity index (χ4n) is 2.37. The lowest BCUT2D eigenvalue weighted by Crippen LogP contribution is -2.38. The smallest absolute Gasteiger partial charge is 0.260 e. The van der Waals surface area contributed by atoms with Crippen molar-refractivity contribution in [2.24, 2.45) is 0 Å². The van der Waals surface area contributed by atoms with Gasteiger partial charge in [-0.2, -0.15) is 0 Å². The molecule has 25 heavy (non-hydrogen) atoms. The van der Waals surface area contributed by atoms with Crippen LogP contribution in [-0.4, -0.2) is 32.3 Å². The molecule has 0 bridgehead atoms. The van der Waals surface area contributed by atoms with Crippen LogP contribution in [0.1, 0.15) is 19.4 Å². The van der Waals surface area contributed by atoms with Gasteiger partial charge in [0.2, 0.25) is 0 Å². The van der Waals surface area contributed by atoms with Crippen LogP contribution in [0.15, 0.2) is 48.5 Å². The molecule has 1 amide bonds. The SMILES string of the molecule is CCc1ccccc1O[C@@H](C)C(=O)NCCOc1ccccc1OC. The second kappa shape index (κ2) is 9.57. The lowest BCUT2D eigenvalue weighted by atomic mass is 10.1. The van der Waals surface area contributed by atoms with Gasteiger partial charge in [-0.05, 0) is 37.1 Å².